The van der Waals surface area contributed by atoms with Crippen LogP contribution in [0.2, 0.25) is 0 Å². The third-order valence-corrected chi connectivity index (χ3v) is 13.2. The maximum Gasteiger partial charge on any atom is 0.306 e. The zero-order chi connectivity index (χ0) is 53.6. The Hall–Kier alpha value is -6.68. The van der Waals surface area contributed by atoms with Crippen LogP contribution in [0.4, 0.5) is 8.78 Å². The van der Waals surface area contributed by atoms with Gasteiger partial charge in [0.25, 0.3) is 0 Å². The number of carbonyl (C=O) groups is 2. The first-order chi connectivity index (χ1) is 34.6. The molecule has 0 amide bonds. The number of carboxylic acids is 1. The van der Waals surface area contributed by atoms with Crippen molar-refractivity contribution in [2.75, 3.05) is 21.3 Å². The summed E-state index contributed by atoms with van der Waals surface area (Å²) < 4.78 is 57.8. The van der Waals surface area contributed by atoms with E-state index in [0.717, 1.165) is 92.8 Å². The summed E-state index contributed by atoms with van der Waals surface area (Å²) in [5, 5.41) is 9.27. The average molecular weight is 999 g/mol. The Morgan fingerprint density at radius 1 is 0.534 bits per heavy atom. The first-order valence-electron chi connectivity index (χ1n) is 25.3. The van der Waals surface area contributed by atoms with E-state index in [1.54, 1.807) is 38.5 Å². The van der Waals surface area contributed by atoms with Gasteiger partial charge >= 0.3 is 11.9 Å². The van der Waals surface area contributed by atoms with Gasteiger partial charge in [-0.2, -0.15) is 0 Å². The molecule has 8 nitrogen and oxygen atoms in total. The van der Waals surface area contributed by atoms with Gasteiger partial charge < -0.3 is 28.8 Å². The fourth-order valence-electron chi connectivity index (χ4n) is 9.26. The predicted molar refractivity (Wildman–Crippen MR) is 289 cm³/mol. The van der Waals surface area contributed by atoms with Gasteiger partial charge in [0.05, 0.1) is 34.2 Å². The molecule has 0 fully saturated rings. The summed E-state index contributed by atoms with van der Waals surface area (Å²) in [6, 6.07) is 33.8. The van der Waals surface area contributed by atoms with Gasteiger partial charge in [-0.1, -0.05) is 117 Å². The van der Waals surface area contributed by atoms with Crippen molar-refractivity contribution < 1.29 is 47.2 Å². The highest BCUT2D eigenvalue weighted by Gasteiger charge is 2.24. The van der Waals surface area contributed by atoms with E-state index < -0.39 is 5.97 Å². The molecular weight excluding hydrogens is 923 g/mol. The lowest BCUT2D eigenvalue weighted by Crippen LogP contribution is -2.13. The summed E-state index contributed by atoms with van der Waals surface area (Å²) in [7, 11) is 4.58. The SMILES string of the molecule is CCC[C@H](CC(=O)O)c1ccc(OCc2ccc(C(C)(C)C)c(-c3cc(OC)ccc3F)c2)c(C)c1.CCC[C@H](CC(=O)OC)c1ccc(OCc2ccc(C(C)(C)C)c(-c3cc(OC)ccc3F)c2)c(C)c1. The van der Waals surface area contributed by atoms with Gasteiger partial charge in [-0.3, -0.25) is 9.59 Å². The molecule has 390 valence electrons. The van der Waals surface area contributed by atoms with Gasteiger partial charge in [0.1, 0.15) is 47.8 Å². The normalized spacial score (nSPS) is 12.3. The Morgan fingerprint density at radius 3 is 1.29 bits per heavy atom. The number of halogens is 2. The minimum absolute atomic E-state index is 0.00879. The number of benzene rings is 6. The van der Waals surface area contributed by atoms with Gasteiger partial charge in [-0.05, 0) is 166 Å². The highest BCUT2D eigenvalue weighted by Crippen LogP contribution is 2.39. The summed E-state index contributed by atoms with van der Waals surface area (Å²) in [6.07, 6.45) is 4.15. The van der Waals surface area contributed by atoms with Crippen LogP contribution >= 0.6 is 0 Å². The summed E-state index contributed by atoms with van der Waals surface area (Å²) in [4.78, 5) is 23.2. The molecule has 0 bridgehead atoms. The number of ether oxygens (including phenoxy) is 5. The highest BCUT2D eigenvalue weighted by molar-refractivity contribution is 5.73. The molecule has 0 aliphatic heterocycles. The topological polar surface area (TPSA) is 101 Å². The lowest BCUT2D eigenvalue weighted by molar-refractivity contribution is -0.141. The van der Waals surface area contributed by atoms with Crippen molar-refractivity contribution in [3.63, 3.8) is 0 Å². The van der Waals surface area contributed by atoms with Crippen molar-refractivity contribution in [1.29, 1.82) is 0 Å². The Morgan fingerprint density at radius 2 is 0.945 bits per heavy atom. The van der Waals surface area contributed by atoms with E-state index in [4.69, 9.17) is 23.7 Å². The number of aryl methyl sites for hydroxylation is 2. The highest BCUT2D eigenvalue weighted by atomic mass is 19.1. The second-order valence-electron chi connectivity index (χ2n) is 20.9. The van der Waals surface area contributed by atoms with Crippen molar-refractivity contribution in [3.05, 3.63) is 165 Å². The largest absolute Gasteiger partial charge is 0.497 e. The van der Waals surface area contributed by atoms with Crippen LogP contribution in [0.15, 0.2) is 109 Å². The quantitative estimate of drug-likeness (QED) is 0.0755. The molecule has 0 aromatic heterocycles. The average Bonchev–Trinajstić information content (AvgIpc) is 3.35. The molecule has 1 N–H and O–H groups in total. The molecule has 0 saturated heterocycles. The smallest absolute Gasteiger partial charge is 0.306 e. The van der Waals surface area contributed by atoms with Crippen LogP contribution in [-0.2, 0) is 38.4 Å². The van der Waals surface area contributed by atoms with Gasteiger partial charge in [0, 0.05) is 11.1 Å². The zero-order valence-corrected chi connectivity index (χ0v) is 45.3. The van der Waals surface area contributed by atoms with Crippen LogP contribution in [0.1, 0.15) is 150 Å². The van der Waals surface area contributed by atoms with E-state index in [0.29, 0.717) is 42.3 Å². The van der Waals surface area contributed by atoms with Gasteiger partial charge in [-0.25, -0.2) is 8.78 Å². The van der Waals surface area contributed by atoms with Crippen LogP contribution in [0.5, 0.6) is 23.0 Å². The molecular formula is C63H76F2O8. The minimum atomic E-state index is -0.784. The van der Waals surface area contributed by atoms with Crippen molar-refractivity contribution >= 4 is 11.9 Å². The van der Waals surface area contributed by atoms with Gasteiger partial charge in [0.2, 0.25) is 0 Å². The number of carboxylic acid groups (broad SMARTS) is 1. The molecule has 10 heteroatoms. The molecule has 0 heterocycles. The van der Waals surface area contributed by atoms with Gasteiger partial charge in [-0.15, -0.1) is 0 Å². The fourth-order valence-corrected chi connectivity index (χ4v) is 9.26. The molecule has 6 aromatic carbocycles. The second kappa shape index (κ2) is 25.8. The number of esters is 1. The van der Waals surface area contributed by atoms with E-state index in [1.165, 1.54) is 19.2 Å². The molecule has 0 saturated carbocycles. The zero-order valence-electron chi connectivity index (χ0n) is 45.3. The first kappa shape index (κ1) is 57.2. The van der Waals surface area contributed by atoms with Gasteiger partial charge in [0.15, 0.2) is 0 Å². The molecule has 0 aliphatic rings. The van der Waals surface area contributed by atoms with E-state index in [2.05, 4.69) is 67.5 Å². The maximum atomic E-state index is 14.9. The number of methoxy groups -OCH3 is 3. The number of hydrogen-bond acceptors (Lipinski definition) is 7. The van der Waals surface area contributed by atoms with Crippen molar-refractivity contribution in [2.45, 2.75) is 144 Å². The van der Waals surface area contributed by atoms with Crippen LogP contribution in [0.25, 0.3) is 22.3 Å². The number of aliphatic carboxylic acids is 1. The molecule has 0 spiro atoms. The summed E-state index contributed by atoms with van der Waals surface area (Å²) >= 11 is 0. The number of hydrogen-bond donors (Lipinski definition) is 1. The summed E-state index contributed by atoms with van der Waals surface area (Å²) in [6.45, 7) is 21.6. The third-order valence-electron chi connectivity index (χ3n) is 13.2. The molecule has 6 rings (SSSR count). The van der Waals surface area contributed by atoms with Crippen molar-refractivity contribution in [3.8, 4) is 45.3 Å². The summed E-state index contributed by atoms with van der Waals surface area (Å²) in [5.41, 5.74) is 10.4. The Bertz CT molecular complexity index is 2820. The van der Waals surface area contributed by atoms with E-state index in [9.17, 15) is 23.5 Å². The van der Waals surface area contributed by atoms with E-state index in [-0.39, 0.29) is 46.7 Å². The van der Waals surface area contributed by atoms with Crippen LogP contribution in [0.3, 0.4) is 0 Å². The number of carbonyl (C=O) groups excluding carboxylic acids is 1. The van der Waals surface area contributed by atoms with Crippen LogP contribution < -0.4 is 18.9 Å². The first-order valence-corrected chi connectivity index (χ1v) is 25.3. The lowest BCUT2D eigenvalue weighted by atomic mass is 9.81. The monoisotopic (exact) mass is 999 g/mol. The Kier molecular flexibility index (Phi) is 20.2. The Labute approximate surface area is 433 Å². The molecule has 0 unspecified atom stereocenters. The third kappa shape index (κ3) is 15.7. The molecule has 2 atom stereocenters. The minimum Gasteiger partial charge on any atom is -0.497 e. The number of rotatable bonds is 20. The van der Waals surface area contributed by atoms with Crippen molar-refractivity contribution in [1.82, 2.24) is 0 Å². The van der Waals surface area contributed by atoms with Crippen molar-refractivity contribution in [2.24, 2.45) is 0 Å². The van der Waals surface area contributed by atoms with E-state index >= 15 is 0 Å². The molecule has 73 heavy (non-hydrogen) atoms. The molecule has 6 aromatic rings. The van der Waals surface area contributed by atoms with Crippen LogP contribution in [-0.4, -0.2) is 38.4 Å². The Balaban J connectivity index is 0.000000271. The predicted octanol–water partition coefficient (Wildman–Crippen LogP) is 16.2. The van der Waals surface area contributed by atoms with Crippen LogP contribution in [0, 0.1) is 25.5 Å². The van der Waals surface area contributed by atoms with E-state index in [1.807, 2.05) is 74.5 Å². The molecule has 0 radical (unpaired) electrons. The lowest BCUT2D eigenvalue weighted by Gasteiger charge is -2.24. The maximum absolute atomic E-state index is 14.9. The standard InChI is InChI=1S/C32H39FO4.C31H37FO4/c1-8-9-23(18-31(34)36-7)24-11-15-30(21(2)16-24)37-20-22-10-13-28(32(3,4)5)26(17-22)27-19-25(35-6)12-14-29(27)33;1-7-8-22(17-30(33)34)23-10-14-29(20(2)15-23)36-19-21-9-12-27(31(3,4)5)25(16-21)26-18-24(35-6)11-13-28(26)32/h10-17,19,23H,8-9,18,20H2,1-7H3;9-16,18,22H,7-8,17,19H2,1-6H3,(H,33,34)/t23-;22-/m11/s1. The molecule has 0 aliphatic carbocycles. The fraction of sp³-hybridized carbons (Fsp3) is 0.397. The summed E-state index contributed by atoms with van der Waals surface area (Å²) in [5.74, 6) is 1.30. The second-order valence-corrected chi connectivity index (χ2v) is 20.9.